The summed E-state index contributed by atoms with van der Waals surface area (Å²) in [6.07, 6.45) is 2.87. The van der Waals surface area contributed by atoms with Crippen molar-refractivity contribution in [2.24, 2.45) is 0 Å². The van der Waals surface area contributed by atoms with E-state index in [1.807, 2.05) is 25.1 Å². The number of nitrogens with zero attached hydrogens (tertiary/aromatic N) is 1. The lowest BCUT2D eigenvalue weighted by molar-refractivity contribution is -0.384. The third kappa shape index (κ3) is 4.67. The fourth-order valence-corrected chi connectivity index (χ4v) is 2.64. The molecule has 2 aromatic rings. The van der Waals surface area contributed by atoms with Gasteiger partial charge in [0.1, 0.15) is 5.02 Å². The third-order valence-electron chi connectivity index (χ3n) is 3.77. The molecule has 0 fully saturated rings. The molecule has 25 heavy (non-hydrogen) atoms. The summed E-state index contributed by atoms with van der Waals surface area (Å²) >= 11 is 5.78. The molecule has 0 spiro atoms. The quantitative estimate of drug-likeness (QED) is 0.446. The zero-order valence-corrected chi connectivity index (χ0v) is 15.0. The summed E-state index contributed by atoms with van der Waals surface area (Å²) in [5.41, 5.74) is 3.18. The number of carbonyl (C=O) groups excluding carboxylic acids is 1. The van der Waals surface area contributed by atoms with Crippen LogP contribution in [-0.2, 0) is 4.79 Å². The molecular formula is C19H19ClN2O3. The number of amides is 1. The predicted molar refractivity (Wildman–Crippen MR) is 101 cm³/mol. The Bertz CT molecular complexity index is 845. The molecule has 0 aromatic heterocycles. The number of nitro groups is 1. The smallest absolute Gasteiger partial charge is 0.288 e. The van der Waals surface area contributed by atoms with Gasteiger partial charge in [0.05, 0.1) is 4.92 Å². The van der Waals surface area contributed by atoms with Gasteiger partial charge in [0.15, 0.2) is 0 Å². The van der Waals surface area contributed by atoms with Crippen molar-refractivity contribution in [2.75, 3.05) is 5.32 Å². The number of anilines is 1. The lowest BCUT2D eigenvalue weighted by atomic mass is 9.98. The molecule has 0 saturated carbocycles. The number of hydrogen-bond donors (Lipinski definition) is 1. The Morgan fingerprint density at radius 3 is 2.64 bits per heavy atom. The van der Waals surface area contributed by atoms with Crippen LogP contribution < -0.4 is 5.32 Å². The SMILES string of the molecule is Cc1cccc(C(C)C)c1NC(=O)/C=C/c1ccc(Cl)c([N+](=O)[O-])c1. The van der Waals surface area contributed by atoms with Crippen molar-refractivity contribution in [3.05, 3.63) is 74.3 Å². The van der Waals surface area contributed by atoms with Crippen LogP contribution in [0.3, 0.4) is 0 Å². The fourth-order valence-electron chi connectivity index (χ4n) is 2.45. The third-order valence-corrected chi connectivity index (χ3v) is 4.09. The van der Waals surface area contributed by atoms with E-state index in [1.54, 1.807) is 6.07 Å². The Balaban J connectivity index is 2.20. The van der Waals surface area contributed by atoms with E-state index in [1.165, 1.54) is 24.3 Å². The minimum atomic E-state index is -0.554. The molecule has 0 saturated heterocycles. The highest BCUT2D eigenvalue weighted by Crippen LogP contribution is 2.28. The molecule has 5 nitrogen and oxygen atoms in total. The number of hydrogen-bond acceptors (Lipinski definition) is 3. The first-order valence-corrected chi connectivity index (χ1v) is 8.20. The lowest BCUT2D eigenvalue weighted by Crippen LogP contribution is -2.11. The van der Waals surface area contributed by atoms with Crippen molar-refractivity contribution in [1.82, 2.24) is 0 Å². The summed E-state index contributed by atoms with van der Waals surface area (Å²) in [6, 6.07) is 10.3. The number of nitrogens with one attached hydrogen (secondary N) is 1. The zero-order valence-electron chi connectivity index (χ0n) is 14.2. The van der Waals surface area contributed by atoms with E-state index < -0.39 is 4.92 Å². The van der Waals surface area contributed by atoms with Gasteiger partial charge in [-0.05, 0) is 41.7 Å². The van der Waals surface area contributed by atoms with E-state index in [0.717, 1.165) is 16.8 Å². The highest BCUT2D eigenvalue weighted by atomic mass is 35.5. The van der Waals surface area contributed by atoms with E-state index in [4.69, 9.17) is 11.6 Å². The average molecular weight is 359 g/mol. The first kappa shape index (κ1) is 18.7. The van der Waals surface area contributed by atoms with Crippen molar-refractivity contribution in [3.63, 3.8) is 0 Å². The van der Waals surface area contributed by atoms with Crippen molar-refractivity contribution >= 4 is 35.0 Å². The van der Waals surface area contributed by atoms with Crippen LogP contribution >= 0.6 is 11.6 Å². The Morgan fingerprint density at radius 2 is 2.00 bits per heavy atom. The molecule has 2 rings (SSSR count). The molecule has 130 valence electrons. The van der Waals surface area contributed by atoms with Crippen LogP contribution in [-0.4, -0.2) is 10.8 Å². The average Bonchev–Trinajstić information content (AvgIpc) is 2.55. The maximum Gasteiger partial charge on any atom is 0.288 e. The number of benzene rings is 2. The second kappa shape index (κ2) is 7.94. The summed E-state index contributed by atoms with van der Waals surface area (Å²) in [6.45, 7) is 6.06. The van der Waals surface area contributed by atoms with Gasteiger partial charge in [-0.3, -0.25) is 14.9 Å². The number of carbonyl (C=O) groups is 1. The highest BCUT2D eigenvalue weighted by Gasteiger charge is 2.13. The lowest BCUT2D eigenvalue weighted by Gasteiger charge is -2.15. The van der Waals surface area contributed by atoms with Crippen LogP contribution in [0.1, 0.15) is 36.5 Å². The van der Waals surface area contributed by atoms with E-state index in [9.17, 15) is 14.9 Å². The zero-order chi connectivity index (χ0) is 18.6. The number of rotatable bonds is 5. The second-order valence-corrected chi connectivity index (χ2v) is 6.39. The van der Waals surface area contributed by atoms with Gasteiger partial charge in [-0.1, -0.05) is 49.7 Å². The van der Waals surface area contributed by atoms with Gasteiger partial charge >= 0.3 is 0 Å². The predicted octanol–water partition coefficient (Wildman–Crippen LogP) is 5.33. The minimum absolute atomic E-state index is 0.0630. The monoisotopic (exact) mass is 358 g/mol. The number of nitro benzene ring substituents is 1. The number of para-hydroxylation sites is 1. The molecule has 1 N–H and O–H groups in total. The molecule has 0 heterocycles. The maximum atomic E-state index is 12.2. The van der Waals surface area contributed by atoms with E-state index in [2.05, 4.69) is 19.2 Å². The molecule has 1 amide bonds. The van der Waals surface area contributed by atoms with Gasteiger partial charge in [-0.2, -0.15) is 0 Å². The molecule has 2 aromatic carbocycles. The maximum absolute atomic E-state index is 12.2. The van der Waals surface area contributed by atoms with Crippen molar-refractivity contribution in [2.45, 2.75) is 26.7 Å². The summed E-state index contributed by atoms with van der Waals surface area (Å²) in [5, 5.41) is 13.9. The standard InChI is InChI=1S/C19H19ClN2O3/c1-12(2)15-6-4-5-13(3)19(15)21-18(23)10-8-14-7-9-16(20)17(11-14)22(24)25/h4-12H,1-3H3,(H,21,23)/b10-8+. The summed E-state index contributed by atoms with van der Waals surface area (Å²) in [4.78, 5) is 22.6. The summed E-state index contributed by atoms with van der Waals surface area (Å²) in [5.74, 6) is -0.0214. The Kier molecular flexibility index (Phi) is 5.93. The summed E-state index contributed by atoms with van der Waals surface area (Å²) < 4.78 is 0. The van der Waals surface area contributed by atoms with Gasteiger partial charge in [-0.25, -0.2) is 0 Å². The topological polar surface area (TPSA) is 72.2 Å². The van der Waals surface area contributed by atoms with Crippen LogP contribution in [0.5, 0.6) is 0 Å². The Labute approximate surface area is 151 Å². The van der Waals surface area contributed by atoms with Crippen LogP contribution in [0, 0.1) is 17.0 Å². The molecule has 6 heteroatoms. The molecule has 0 aliphatic carbocycles. The number of halogens is 1. The fraction of sp³-hybridized carbons (Fsp3) is 0.211. The molecule has 0 atom stereocenters. The largest absolute Gasteiger partial charge is 0.322 e. The van der Waals surface area contributed by atoms with Crippen molar-refractivity contribution in [1.29, 1.82) is 0 Å². The molecule has 0 aliphatic rings. The van der Waals surface area contributed by atoms with Crippen LogP contribution in [0.15, 0.2) is 42.5 Å². The Hall–Kier alpha value is -2.66. The Morgan fingerprint density at radius 1 is 1.28 bits per heavy atom. The van der Waals surface area contributed by atoms with Gasteiger partial charge in [-0.15, -0.1) is 0 Å². The van der Waals surface area contributed by atoms with Crippen LogP contribution in [0.4, 0.5) is 11.4 Å². The minimum Gasteiger partial charge on any atom is -0.322 e. The second-order valence-electron chi connectivity index (χ2n) is 5.98. The first-order chi connectivity index (χ1) is 11.8. The van der Waals surface area contributed by atoms with E-state index in [-0.39, 0.29) is 22.5 Å². The number of aryl methyl sites for hydroxylation is 1. The van der Waals surface area contributed by atoms with Gasteiger partial charge in [0.25, 0.3) is 5.69 Å². The molecule has 0 bridgehead atoms. The molecule has 0 aliphatic heterocycles. The molecule has 0 unspecified atom stereocenters. The van der Waals surface area contributed by atoms with E-state index >= 15 is 0 Å². The van der Waals surface area contributed by atoms with Gasteiger partial charge in [0, 0.05) is 17.8 Å². The van der Waals surface area contributed by atoms with Gasteiger partial charge < -0.3 is 5.32 Å². The van der Waals surface area contributed by atoms with Crippen LogP contribution in [0.25, 0.3) is 6.08 Å². The summed E-state index contributed by atoms with van der Waals surface area (Å²) in [7, 11) is 0. The first-order valence-electron chi connectivity index (χ1n) is 7.82. The van der Waals surface area contributed by atoms with Gasteiger partial charge in [0.2, 0.25) is 5.91 Å². The van der Waals surface area contributed by atoms with Crippen molar-refractivity contribution < 1.29 is 9.72 Å². The molecular weight excluding hydrogens is 340 g/mol. The highest BCUT2D eigenvalue weighted by molar-refractivity contribution is 6.32. The van der Waals surface area contributed by atoms with Crippen LogP contribution in [0.2, 0.25) is 5.02 Å². The van der Waals surface area contributed by atoms with Crippen molar-refractivity contribution in [3.8, 4) is 0 Å². The van der Waals surface area contributed by atoms with E-state index in [0.29, 0.717) is 5.56 Å². The molecule has 0 radical (unpaired) electrons. The normalized spacial score (nSPS) is 11.1.